The molecule has 32 heavy (non-hydrogen) atoms. The van der Waals surface area contributed by atoms with Gasteiger partial charge in [0, 0.05) is 17.6 Å². The van der Waals surface area contributed by atoms with Crippen LogP contribution < -0.4 is 10.5 Å². The number of aromatic nitrogens is 4. The Morgan fingerprint density at radius 1 is 1.06 bits per heavy atom. The zero-order valence-corrected chi connectivity index (χ0v) is 18.5. The molecule has 0 unspecified atom stereocenters. The Labute approximate surface area is 185 Å². The molecule has 0 radical (unpaired) electrons. The summed E-state index contributed by atoms with van der Waals surface area (Å²) >= 11 is 0. The Kier molecular flexibility index (Phi) is 4.89. The lowest BCUT2D eigenvalue weighted by Gasteiger charge is -2.29. The maximum absolute atomic E-state index is 13.4. The highest BCUT2D eigenvalue weighted by Gasteiger charge is 2.24. The van der Waals surface area contributed by atoms with Crippen LogP contribution in [-0.2, 0) is 17.8 Å². The summed E-state index contributed by atoms with van der Waals surface area (Å²) in [6.45, 7) is 6.45. The number of carbonyl (C=O) groups is 1. The Hall–Kier alpha value is -3.74. The molecule has 2 aromatic heterocycles. The van der Waals surface area contributed by atoms with Crippen molar-refractivity contribution in [1.29, 1.82) is 0 Å². The lowest BCUT2D eigenvalue weighted by Crippen LogP contribution is -2.40. The van der Waals surface area contributed by atoms with Gasteiger partial charge in [-0.3, -0.25) is 9.59 Å². The van der Waals surface area contributed by atoms with Crippen molar-refractivity contribution in [2.45, 2.75) is 40.2 Å². The number of benzene rings is 2. The second-order valence-corrected chi connectivity index (χ2v) is 8.41. The summed E-state index contributed by atoms with van der Waals surface area (Å²) in [5.74, 6) is -0.136. The van der Waals surface area contributed by atoms with Gasteiger partial charge in [-0.15, -0.1) is 0 Å². The number of para-hydroxylation sites is 1. The molecule has 5 rings (SSSR count). The van der Waals surface area contributed by atoms with E-state index in [0.717, 1.165) is 35.3 Å². The van der Waals surface area contributed by atoms with Crippen LogP contribution in [0.25, 0.3) is 16.6 Å². The zero-order valence-electron chi connectivity index (χ0n) is 18.5. The molecule has 0 saturated carbocycles. The molecule has 0 bridgehead atoms. The Bertz CT molecular complexity index is 1420. The number of fused-ring (bicyclic) bond motifs is 2. The van der Waals surface area contributed by atoms with Crippen molar-refractivity contribution in [2.24, 2.45) is 0 Å². The highest BCUT2D eigenvalue weighted by Crippen LogP contribution is 2.27. The van der Waals surface area contributed by atoms with Crippen LogP contribution in [-0.4, -0.2) is 32.0 Å². The third-order valence-corrected chi connectivity index (χ3v) is 6.30. The van der Waals surface area contributed by atoms with E-state index < -0.39 is 0 Å². The molecule has 0 atom stereocenters. The van der Waals surface area contributed by atoms with E-state index in [-0.39, 0.29) is 18.0 Å². The van der Waals surface area contributed by atoms with E-state index in [0.29, 0.717) is 23.1 Å². The number of aryl methyl sites for hydroxylation is 4. The van der Waals surface area contributed by atoms with E-state index in [2.05, 4.69) is 16.3 Å². The summed E-state index contributed by atoms with van der Waals surface area (Å²) in [5.41, 5.74) is 5.98. The highest BCUT2D eigenvalue weighted by atomic mass is 16.2. The molecule has 0 N–H and O–H groups in total. The lowest BCUT2D eigenvalue weighted by molar-refractivity contribution is -0.119. The van der Waals surface area contributed by atoms with Crippen molar-refractivity contribution in [3.63, 3.8) is 0 Å². The SMILES string of the molecule is Cc1ccc(-n2ncc3c(C)nn(CC(=O)N4CCCc5ccccc54)c(=O)c32)cc1C. The first kappa shape index (κ1) is 20.2. The molecule has 162 valence electrons. The van der Waals surface area contributed by atoms with Crippen molar-refractivity contribution in [1.82, 2.24) is 19.6 Å². The smallest absolute Gasteiger partial charge is 0.293 e. The minimum Gasteiger partial charge on any atom is -0.311 e. The molecular weight excluding hydrogens is 402 g/mol. The second-order valence-electron chi connectivity index (χ2n) is 8.41. The minimum atomic E-state index is -0.319. The van der Waals surface area contributed by atoms with E-state index in [1.165, 1.54) is 10.2 Å². The average molecular weight is 428 g/mol. The number of carbonyl (C=O) groups excluding carboxylic acids is 1. The maximum atomic E-state index is 13.4. The minimum absolute atomic E-state index is 0.109. The van der Waals surface area contributed by atoms with Crippen molar-refractivity contribution in [3.05, 3.63) is 81.4 Å². The van der Waals surface area contributed by atoms with Gasteiger partial charge in [0.15, 0.2) is 0 Å². The fraction of sp³-hybridized carbons (Fsp3) is 0.280. The number of rotatable bonds is 3. The Morgan fingerprint density at radius 3 is 2.69 bits per heavy atom. The zero-order chi connectivity index (χ0) is 22.4. The third-order valence-electron chi connectivity index (χ3n) is 6.30. The first-order chi connectivity index (χ1) is 15.4. The molecule has 3 heterocycles. The van der Waals surface area contributed by atoms with Crippen LogP contribution in [0.3, 0.4) is 0 Å². The molecule has 7 heteroatoms. The largest absolute Gasteiger partial charge is 0.311 e. The molecule has 1 aliphatic heterocycles. The lowest BCUT2D eigenvalue weighted by atomic mass is 10.0. The number of nitrogens with zero attached hydrogens (tertiary/aromatic N) is 5. The number of hydrogen-bond acceptors (Lipinski definition) is 4. The van der Waals surface area contributed by atoms with Gasteiger partial charge in [0.05, 0.1) is 17.6 Å². The van der Waals surface area contributed by atoms with E-state index in [1.807, 2.05) is 57.2 Å². The molecule has 7 nitrogen and oxygen atoms in total. The first-order valence-electron chi connectivity index (χ1n) is 10.9. The maximum Gasteiger partial charge on any atom is 0.293 e. The van der Waals surface area contributed by atoms with Gasteiger partial charge in [0.2, 0.25) is 5.91 Å². The van der Waals surface area contributed by atoms with Crippen LogP contribution in [0, 0.1) is 20.8 Å². The van der Waals surface area contributed by atoms with Gasteiger partial charge in [-0.25, -0.2) is 9.36 Å². The summed E-state index contributed by atoms with van der Waals surface area (Å²) in [4.78, 5) is 28.4. The Balaban J connectivity index is 1.56. The van der Waals surface area contributed by atoms with Gasteiger partial charge in [-0.05, 0) is 68.5 Å². The predicted molar refractivity (Wildman–Crippen MR) is 124 cm³/mol. The highest BCUT2D eigenvalue weighted by molar-refractivity contribution is 5.94. The van der Waals surface area contributed by atoms with Gasteiger partial charge in [0.1, 0.15) is 12.1 Å². The summed E-state index contributed by atoms with van der Waals surface area (Å²) in [7, 11) is 0. The summed E-state index contributed by atoms with van der Waals surface area (Å²) < 4.78 is 2.92. The molecule has 0 fully saturated rings. The summed E-state index contributed by atoms with van der Waals surface area (Å²) in [5, 5.41) is 9.59. The third kappa shape index (κ3) is 3.30. The van der Waals surface area contributed by atoms with Gasteiger partial charge >= 0.3 is 0 Å². The van der Waals surface area contributed by atoms with Gasteiger partial charge in [0.25, 0.3) is 5.56 Å². The van der Waals surface area contributed by atoms with Crippen molar-refractivity contribution < 1.29 is 4.79 Å². The van der Waals surface area contributed by atoms with Crippen LogP contribution >= 0.6 is 0 Å². The van der Waals surface area contributed by atoms with Gasteiger partial charge in [-0.2, -0.15) is 10.2 Å². The molecule has 2 aromatic carbocycles. The fourth-order valence-corrected chi connectivity index (χ4v) is 4.39. The summed E-state index contributed by atoms with van der Waals surface area (Å²) in [6, 6.07) is 13.9. The second kappa shape index (κ2) is 7.75. The van der Waals surface area contributed by atoms with Gasteiger partial charge < -0.3 is 4.90 Å². The van der Waals surface area contributed by atoms with E-state index in [4.69, 9.17) is 0 Å². The van der Waals surface area contributed by atoms with Crippen LogP contribution in [0.15, 0.2) is 53.5 Å². The Morgan fingerprint density at radius 2 is 1.88 bits per heavy atom. The normalized spacial score (nSPS) is 13.4. The van der Waals surface area contributed by atoms with Crippen LogP contribution in [0.4, 0.5) is 5.69 Å². The molecular formula is C25H25N5O2. The van der Waals surface area contributed by atoms with Crippen LogP contribution in [0.1, 0.15) is 28.8 Å². The fourth-order valence-electron chi connectivity index (χ4n) is 4.39. The monoisotopic (exact) mass is 427 g/mol. The molecule has 1 amide bonds. The van der Waals surface area contributed by atoms with Gasteiger partial charge in [-0.1, -0.05) is 24.3 Å². The van der Waals surface area contributed by atoms with Crippen molar-refractivity contribution in [2.75, 3.05) is 11.4 Å². The van der Waals surface area contributed by atoms with E-state index in [9.17, 15) is 9.59 Å². The van der Waals surface area contributed by atoms with E-state index >= 15 is 0 Å². The molecule has 0 spiro atoms. The summed E-state index contributed by atoms with van der Waals surface area (Å²) in [6.07, 6.45) is 3.53. The average Bonchev–Trinajstić information content (AvgIpc) is 3.25. The van der Waals surface area contributed by atoms with Crippen molar-refractivity contribution >= 4 is 22.5 Å². The van der Waals surface area contributed by atoms with Crippen LogP contribution in [0.2, 0.25) is 0 Å². The molecule has 4 aromatic rings. The number of amides is 1. The molecule has 1 aliphatic rings. The number of anilines is 1. The van der Waals surface area contributed by atoms with Crippen LogP contribution in [0.5, 0.6) is 0 Å². The van der Waals surface area contributed by atoms with E-state index in [1.54, 1.807) is 15.8 Å². The predicted octanol–water partition coefficient (Wildman–Crippen LogP) is 3.49. The standard InChI is InChI=1S/C25H25N5O2/c1-16-10-11-20(13-17(16)2)30-24-21(14-26-30)18(3)27-29(25(24)32)15-23(31)28-12-6-8-19-7-4-5-9-22(19)28/h4-5,7,9-11,13-14H,6,8,12,15H2,1-3H3. The van der Waals surface area contributed by atoms with Crippen molar-refractivity contribution in [3.8, 4) is 5.69 Å². The quantitative estimate of drug-likeness (QED) is 0.502. The molecule has 0 saturated heterocycles. The molecule has 0 aliphatic carbocycles. The first-order valence-corrected chi connectivity index (χ1v) is 10.9. The topological polar surface area (TPSA) is 73.0 Å². The number of hydrogen-bond donors (Lipinski definition) is 0.